The van der Waals surface area contributed by atoms with E-state index in [1.165, 1.54) is 11.3 Å². The molecule has 0 saturated heterocycles. The number of carbonyl (C=O) groups is 1. The van der Waals surface area contributed by atoms with Gasteiger partial charge in [0.25, 0.3) is 0 Å². The Labute approximate surface area is 118 Å². The first-order chi connectivity index (χ1) is 8.65. The van der Waals surface area contributed by atoms with Crippen molar-refractivity contribution in [2.24, 2.45) is 0 Å². The fourth-order valence-corrected chi connectivity index (χ4v) is 3.48. The van der Waals surface area contributed by atoms with Crippen LogP contribution in [0.15, 0.2) is 34.0 Å². The lowest BCUT2D eigenvalue weighted by Crippen LogP contribution is -1.99. The average molecular weight is 300 g/mol. The summed E-state index contributed by atoms with van der Waals surface area (Å²) in [6.07, 6.45) is -0.0246. The molecule has 0 aliphatic carbocycles. The number of halogens is 1. The lowest BCUT2D eigenvalue weighted by Gasteiger charge is -2.01. The summed E-state index contributed by atoms with van der Waals surface area (Å²) in [5.41, 5.74) is 1.66. The van der Waals surface area contributed by atoms with Crippen LogP contribution in [0.4, 0.5) is 0 Å². The third kappa shape index (κ3) is 3.73. The summed E-state index contributed by atoms with van der Waals surface area (Å²) in [4.78, 5) is 14.8. The highest BCUT2D eigenvalue weighted by molar-refractivity contribution is 8.00. The van der Waals surface area contributed by atoms with Crippen LogP contribution < -0.4 is 0 Å². The zero-order chi connectivity index (χ0) is 13.0. The van der Waals surface area contributed by atoms with E-state index >= 15 is 0 Å². The fourth-order valence-electron chi connectivity index (χ4n) is 1.35. The van der Waals surface area contributed by atoms with Gasteiger partial charge in [-0.05, 0) is 11.6 Å². The van der Waals surface area contributed by atoms with E-state index in [-0.39, 0.29) is 6.42 Å². The van der Waals surface area contributed by atoms with Gasteiger partial charge in [0, 0.05) is 16.2 Å². The number of aromatic nitrogens is 1. The Hall–Kier alpha value is -1.04. The van der Waals surface area contributed by atoms with Crippen molar-refractivity contribution in [2.75, 3.05) is 0 Å². The lowest BCUT2D eigenvalue weighted by molar-refractivity contribution is -0.136. The molecule has 0 aliphatic rings. The van der Waals surface area contributed by atoms with Crippen molar-refractivity contribution in [1.82, 2.24) is 4.98 Å². The van der Waals surface area contributed by atoms with Crippen LogP contribution in [0.1, 0.15) is 11.3 Å². The molecule has 0 aliphatic heterocycles. The van der Waals surface area contributed by atoms with Crippen LogP contribution in [0.5, 0.6) is 0 Å². The van der Waals surface area contributed by atoms with Crippen LogP contribution in [0.25, 0.3) is 0 Å². The fraction of sp³-hybridized carbons (Fsp3) is 0.167. The van der Waals surface area contributed by atoms with Gasteiger partial charge in [0.2, 0.25) is 0 Å². The Morgan fingerprint density at radius 2 is 2.22 bits per heavy atom. The van der Waals surface area contributed by atoms with Gasteiger partial charge < -0.3 is 5.11 Å². The monoisotopic (exact) mass is 299 g/mol. The summed E-state index contributed by atoms with van der Waals surface area (Å²) in [6.45, 7) is 0. The normalized spacial score (nSPS) is 10.5. The molecule has 18 heavy (non-hydrogen) atoms. The highest BCUT2D eigenvalue weighted by Crippen LogP contribution is 2.28. The van der Waals surface area contributed by atoms with E-state index < -0.39 is 5.97 Å². The van der Waals surface area contributed by atoms with Crippen molar-refractivity contribution in [3.05, 3.63) is 45.9 Å². The number of hydrogen-bond acceptors (Lipinski definition) is 4. The molecule has 0 atom stereocenters. The van der Waals surface area contributed by atoms with Crippen molar-refractivity contribution < 1.29 is 9.90 Å². The number of carboxylic acids is 1. The molecule has 1 heterocycles. The van der Waals surface area contributed by atoms with Crippen LogP contribution in [0, 0.1) is 0 Å². The van der Waals surface area contributed by atoms with Crippen molar-refractivity contribution in [3.8, 4) is 0 Å². The van der Waals surface area contributed by atoms with Gasteiger partial charge >= 0.3 is 5.97 Å². The lowest BCUT2D eigenvalue weighted by atomic mass is 10.2. The maximum atomic E-state index is 10.5. The van der Waals surface area contributed by atoms with Gasteiger partial charge in [-0.25, -0.2) is 4.98 Å². The number of nitrogens with zero attached hydrogens (tertiary/aromatic N) is 1. The highest BCUT2D eigenvalue weighted by Gasteiger charge is 2.07. The van der Waals surface area contributed by atoms with Gasteiger partial charge in [-0.1, -0.05) is 41.6 Å². The van der Waals surface area contributed by atoms with Crippen LogP contribution in [0.2, 0.25) is 5.02 Å². The second-order valence-corrected chi connectivity index (χ2v) is 6.04. The predicted molar refractivity (Wildman–Crippen MR) is 74.5 cm³/mol. The van der Waals surface area contributed by atoms with E-state index in [1.807, 2.05) is 24.3 Å². The Balaban J connectivity index is 1.96. The summed E-state index contributed by atoms with van der Waals surface area (Å²) in [5, 5.41) is 11.2. The molecule has 0 radical (unpaired) electrons. The van der Waals surface area contributed by atoms with E-state index in [1.54, 1.807) is 17.1 Å². The molecule has 6 heteroatoms. The SMILES string of the molecule is O=C(O)Cc1csc(SCc2ccccc2Cl)n1. The average Bonchev–Trinajstić information content (AvgIpc) is 2.75. The molecule has 0 saturated carbocycles. The molecule has 0 unspecified atom stereocenters. The molecule has 1 aromatic carbocycles. The first-order valence-corrected chi connectivity index (χ1v) is 7.42. The maximum Gasteiger partial charge on any atom is 0.309 e. The Morgan fingerprint density at radius 3 is 2.94 bits per heavy atom. The van der Waals surface area contributed by atoms with Gasteiger partial charge in [-0.2, -0.15) is 0 Å². The molecule has 0 amide bonds. The van der Waals surface area contributed by atoms with Gasteiger partial charge in [-0.3, -0.25) is 4.79 Å². The van der Waals surface area contributed by atoms with E-state index in [9.17, 15) is 4.79 Å². The van der Waals surface area contributed by atoms with Crippen LogP contribution in [-0.2, 0) is 17.0 Å². The maximum absolute atomic E-state index is 10.5. The topological polar surface area (TPSA) is 50.2 Å². The second-order valence-electron chi connectivity index (χ2n) is 3.56. The summed E-state index contributed by atoms with van der Waals surface area (Å²) in [5.74, 6) is -0.123. The summed E-state index contributed by atoms with van der Waals surface area (Å²) < 4.78 is 0.867. The van der Waals surface area contributed by atoms with Gasteiger partial charge in [0.1, 0.15) is 4.34 Å². The quantitative estimate of drug-likeness (QED) is 0.855. The van der Waals surface area contributed by atoms with E-state index in [4.69, 9.17) is 16.7 Å². The molecule has 1 aromatic heterocycles. The largest absolute Gasteiger partial charge is 0.481 e. The second kappa shape index (κ2) is 6.22. The number of thioether (sulfide) groups is 1. The molecule has 0 bridgehead atoms. The molecule has 0 fully saturated rings. The summed E-state index contributed by atoms with van der Waals surface area (Å²) in [7, 11) is 0. The van der Waals surface area contributed by atoms with Crippen molar-refractivity contribution in [2.45, 2.75) is 16.5 Å². The Kier molecular flexibility index (Phi) is 4.63. The smallest absolute Gasteiger partial charge is 0.309 e. The standard InChI is InChI=1S/C12H10ClNO2S2/c13-10-4-2-1-3-8(10)6-17-12-14-9(7-18-12)5-11(15)16/h1-4,7H,5-6H2,(H,15,16). The molecule has 2 rings (SSSR count). The molecular weight excluding hydrogens is 290 g/mol. The van der Waals surface area contributed by atoms with Gasteiger partial charge in [-0.15, -0.1) is 11.3 Å². The van der Waals surface area contributed by atoms with Gasteiger partial charge in [0.15, 0.2) is 0 Å². The molecule has 1 N–H and O–H groups in total. The minimum Gasteiger partial charge on any atom is -0.481 e. The molecule has 94 valence electrons. The predicted octanol–water partition coefficient (Wildman–Crippen LogP) is 3.72. The molecule has 3 nitrogen and oxygen atoms in total. The number of carboxylic acid groups (broad SMARTS) is 1. The number of aliphatic carboxylic acids is 1. The third-order valence-electron chi connectivity index (χ3n) is 2.17. The molecule has 0 spiro atoms. The first kappa shape index (κ1) is 13.4. The van der Waals surface area contributed by atoms with Crippen LogP contribution >= 0.6 is 34.7 Å². The third-order valence-corrected chi connectivity index (χ3v) is 4.66. The van der Waals surface area contributed by atoms with E-state index in [0.717, 1.165) is 20.7 Å². The highest BCUT2D eigenvalue weighted by atomic mass is 35.5. The van der Waals surface area contributed by atoms with E-state index in [2.05, 4.69) is 4.98 Å². The zero-order valence-electron chi connectivity index (χ0n) is 9.30. The summed E-state index contributed by atoms with van der Waals surface area (Å²) in [6, 6.07) is 7.67. The van der Waals surface area contributed by atoms with Crippen molar-refractivity contribution >= 4 is 40.7 Å². The molecular formula is C12H10ClNO2S2. The minimum atomic E-state index is -0.858. The minimum absolute atomic E-state index is 0.0246. The van der Waals surface area contributed by atoms with E-state index in [0.29, 0.717) is 5.69 Å². The summed E-state index contributed by atoms with van der Waals surface area (Å²) >= 11 is 9.08. The van der Waals surface area contributed by atoms with Crippen molar-refractivity contribution in [3.63, 3.8) is 0 Å². The Bertz CT molecular complexity index is 557. The van der Waals surface area contributed by atoms with Crippen LogP contribution in [0.3, 0.4) is 0 Å². The number of rotatable bonds is 5. The number of hydrogen-bond donors (Lipinski definition) is 1. The number of thiazole rings is 1. The Morgan fingerprint density at radius 1 is 1.44 bits per heavy atom. The van der Waals surface area contributed by atoms with Gasteiger partial charge in [0.05, 0.1) is 12.1 Å². The number of benzene rings is 1. The molecule has 2 aromatic rings. The van der Waals surface area contributed by atoms with Crippen LogP contribution in [-0.4, -0.2) is 16.1 Å². The van der Waals surface area contributed by atoms with Crippen molar-refractivity contribution in [1.29, 1.82) is 0 Å². The first-order valence-electron chi connectivity index (χ1n) is 5.17. The zero-order valence-corrected chi connectivity index (χ0v) is 11.7.